The summed E-state index contributed by atoms with van der Waals surface area (Å²) in [4.78, 5) is 13.5. The smallest absolute Gasteiger partial charge is 0.239 e. The van der Waals surface area contributed by atoms with Crippen molar-refractivity contribution in [3.05, 3.63) is 29.8 Å². The van der Waals surface area contributed by atoms with Crippen LogP contribution in [0.15, 0.2) is 24.3 Å². The molecule has 2 aliphatic heterocycles. The molecule has 2 N–H and O–H groups in total. The fourth-order valence-electron chi connectivity index (χ4n) is 2.95. The monoisotopic (exact) mass is 259 g/mol. The van der Waals surface area contributed by atoms with Crippen LogP contribution >= 0.6 is 0 Å². The van der Waals surface area contributed by atoms with Crippen molar-refractivity contribution in [3.8, 4) is 0 Å². The number of hydrogen-bond acceptors (Lipinski definition) is 3. The van der Waals surface area contributed by atoms with E-state index in [4.69, 9.17) is 0 Å². The molecule has 2 fully saturated rings. The first-order chi connectivity index (χ1) is 9.33. The third-order valence-corrected chi connectivity index (χ3v) is 4.06. The van der Waals surface area contributed by atoms with Crippen LogP contribution in [-0.2, 0) is 4.79 Å². The Balaban J connectivity index is 1.69. The molecule has 0 radical (unpaired) electrons. The Morgan fingerprint density at radius 2 is 2.00 bits per heavy atom. The highest BCUT2D eigenvalue weighted by Gasteiger charge is 2.18. The van der Waals surface area contributed by atoms with E-state index in [1.807, 2.05) is 0 Å². The molecule has 0 aromatic heterocycles. The second-order valence-corrected chi connectivity index (χ2v) is 5.41. The zero-order chi connectivity index (χ0) is 13.1. The summed E-state index contributed by atoms with van der Waals surface area (Å²) in [6, 6.07) is 8.75. The maximum atomic E-state index is 11.4. The number of rotatable bonds is 2. The van der Waals surface area contributed by atoms with Crippen LogP contribution in [0.1, 0.15) is 24.3 Å². The lowest BCUT2D eigenvalue weighted by molar-refractivity contribution is -0.120. The quantitative estimate of drug-likeness (QED) is 0.835. The Bertz CT molecular complexity index is 437. The van der Waals surface area contributed by atoms with Crippen molar-refractivity contribution < 1.29 is 4.79 Å². The van der Waals surface area contributed by atoms with Crippen LogP contribution in [0.3, 0.4) is 0 Å². The van der Waals surface area contributed by atoms with Gasteiger partial charge in [0.15, 0.2) is 0 Å². The largest absolute Gasteiger partial charge is 0.360 e. The third kappa shape index (κ3) is 2.89. The summed E-state index contributed by atoms with van der Waals surface area (Å²) in [7, 11) is 0. The summed E-state index contributed by atoms with van der Waals surface area (Å²) in [5.41, 5.74) is 2.57. The molecule has 0 bridgehead atoms. The number of piperidine rings is 1. The minimum Gasteiger partial charge on any atom is -0.360 e. The van der Waals surface area contributed by atoms with Gasteiger partial charge in [-0.3, -0.25) is 4.79 Å². The Labute approximate surface area is 114 Å². The van der Waals surface area contributed by atoms with Crippen molar-refractivity contribution in [2.75, 3.05) is 37.6 Å². The molecule has 1 amide bonds. The molecular weight excluding hydrogens is 238 g/mol. The molecule has 2 heterocycles. The summed E-state index contributed by atoms with van der Waals surface area (Å²) in [6.45, 7) is 4.36. The summed E-state index contributed by atoms with van der Waals surface area (Å²) in [6.07, 6.45) is 2.54. The lowest BCUT2D eigenvalue weighted by Gasteiger charge is -2.29. The molecule has 1 aromatic carbocycles. The van der Waals surface area contributed by atoms with E-state index in [9.17, 15) is 4.79 Å². The maximum Gasteiger partial charge on any atom is 0.239 e. The molecule has 1 aromatic rings. The Morgan fingerprint density at radius 1 is 1.16 bits per heavy atom. The number of carbonyl (C=O) groups excluding carboxylic acids is 1. The fourth-order valence-corrected chi connectivity index (χ4v) is 2.95. The highest BCUT2D eigenvalue weighted by Crippen LogP contribution is 2.25. The van der Waals surface area contributed by atoms with Gasteiger partial charge in [0.2, 0.25) is 5.91 Å². The second-order valence-electron chi connectivity index (χ2n) is 5.41. The molecule has 1 unspecified atom stereocenters. The van der Waals surface area contributed by atoms with Crippen LogP contribution in [0.2, 0.25) is 0 Å². The fraction of sp³-hybridized carbons (Fsp3) is 0.533. The number of piperazine rings is 1. The molecule has 2 saturated heterocycles. The lowest BCUT2D eigenvalue weighted by atomic mass is 9.91. The normalized spacial score (nSPS) is 24.1. The molecule has 0 aliphatic carbocycles. The maximum absolute atomic E-state index is 11.4. The van der Waals surface area contributed by atoms with Crippen molar-refractivity contribution in [2.24, 2.45) is 0 Å². The zero-order valence-corrected chi connectivity index (χ0v) is 11.2. The molecule has 0 spiro atoms. The van der Waals surface area contributed by atoms with Crippen molar-refractivity contribution >= 4 is 11.6 Å². The minimum absolute atomic E-state index is 0.117. The molecular formula is C15H21N3O. The van der Waals surface area contributed by atoms with Gasteiger partial charge in [-0.25, -0.2) is 0 Å². The molecule has 1 atom stereocenters. The summed E-state index contributed by atoms with van der Waals surface area (Å²) in [5, 5.41) is 6.31. The zero-order valence-electron chi connectivity index (χ0n) is 11.2. The number of anilines is 1. The standard InChI is InChI=1S/C15H21N3O/c19-15-11-18(9-8-17-15)14-5-3-12(4-6-14)13-2-1-7-16-10-13/h3-6,13,16H,1-2,7-11H2,(H,17,19). The average molecular weight is 259 g/mol. The van der Waals surface area contributed by atoms with Crippen molar-refractivity contribution in [3.63, 3.8) is 0 Å². The SMILES string of the molecule is O=C1CN(c2ccc(C3CCCNC3)cc2)CCN1. The molecule has 2 aliphatic rings. The van der Waals surface area contributed by atoms with Gasteiger partial charge in [0.05, 0.1) is 6.54 Å². The summed E-state index contributed by atoms with van der Waals surface area (Å²) < 4.78 is 0. The number of nitrogens with zero attached hydrogens (tertiary/aromatic N) is 1. The Hall–Kier alpha value is -1.55. The van der Waals surface area contributed by atoms with Crippen molar-refractivity contribution in [1.29, 1.82) is 0 Å². The number of carbonyl (C=O) groups is 1. The van der Waals surface area contributed by atoms with Gasteiger partial charge < -0.3 is 15.5 Å². The lowest BCUT2D eigenvalue weighted by Crippen LogP contribution is -2.47. The van der Waals surface area contributed by atoms with Gasteiger partial charge in [-0.1, -0.05) is 12.1 Å². The van der Waals surface area contributed by atoms with E-state index in [2.05, 4.69) is 39.8 Å². The molecule has 0 saturated carbocycles. The van der Waals surface area contributed by atoms with Gasteiger partial charge >= 0.3 is 0 Å². The number of hydrogen-bond donors (Lipinski definition) is 2. The van der Waals surface area contributed by atoms with Gasteiger partial charge in [-0.15, -0.1) is 0 Å². The van der Waals surface area contributed by atoms with Gasteiger partial charge in [0, 0.05) is 25.3 Å². The van der Waals surface area contributed by atoms with E-state index < -0.39 is 0 Å². The molecule has 4 nitrogen and oxygen atoms in total. The highest BCUT2D eigenvalue weighted by atomic mass is 16.2. The van der Waals surface area contributed by atoms with Crippen LogP contribution in [0.4, 0.5) is 5.69 Å². The van der Waals surface area contributed by atoms with E-state index in [1.54, 1.807) is 0 Å². The van der Waals surface area contributed by atoms with Crippen LogP contribution < -0.4 is 15.5 Å². The minimum atomic E-state index is 0.117. The van der Waals surface area contributed by atoms with Gasteiger partial charge in [0.1, 0.15) is 0 Å². The third-order valence-electron chi connectivity index (χ3n) is 4.06. The topological polar surface area (TPSA) is 44.4 Å². The molecule has 3 rings (SSSR count). The molecule has 102 valence electrons. The molecule has 19 heavy (non-hydrogen) atoms. The predicted molar refractivity (Wildman–Crippen MR) is 76.5 cm³/mol. The van der Waals surface area contributed by atoms with E-state index in [1.165, 1.54) is 18.4 Å². The van der Waals surface area contributed by atoms with Crippen LogP contribution in [0, 0.1) is 0 Å². The van der Waals surface area contributed by atoms with Gasteiger partial charge in [-0.2, -0.15) is 0 Å². The van der Waals surface area contributed by atoms with Crippen molar-refractivity contribution in [1.82, 2.24) is 10.6 Å². The summed E-state index contributed by atoms with van der Waals surface area (Å²) >= 11 is 0. The van der Waals surface area contributed by atoms with Crippen LogP contribution in [0.5, 0.6) is 0 Å². The van der Waals surface area contributed by atoms with E-state index in [0.29, 0.717) is 12.5 Å². The first-order valence-electron chi connectivity index (χ1n) is 7.15. The first-order valence-corrected chi connectivity index (χ1v) is 7.15. The first kappa shape index (κ1) is 12.5. The van der Waals surface area contributed by atoms with Crippen molar-refractivity contribution in [2.45, 2.75) is 18.8 Å². The Morgan fingerprint density at radius 3 is 2.68 bits per heavy atom. The summed E-state index contributed by atoms with van der Waals surface area (Å²) in [5.74, 6) is 0.763. The van der Waals surface area contributed by atoms with Gasteiger partial charge in [-0.05, 0) is 43.0 Å². The molecule has 4 heteroatoms. The van der Waals surface area contributed by atoms with E-state index in [0.717, 1.165) is 31.9 Å². The number of benzene rings is 1. The van der Waals surface area contributed by atoms with E-state index >= 15 is 0 Å². The second kappa shape index (κ2) is 5.61. The van der Waals surface area contributed by atoms with Crippen LogP contribution in [-0.4, -0.2) is 38.6 Å². The van der Waals surface area contributed by atoms with E-state index in [-0.39, 0.29) is 5.91 Å². The Kier molecular flexibility index (Phi) is 3.69. The predicted octanol–water partition coefficient (Wildman–Crippen LogP) is 1.09. The van der Waals surface area contributed by atoms with Gasteiger partial charge in [0.25, 0.3) is 0 Å². The number of amides is 1. The highest BCUT2D eigenvalue weighted by molar-refractivity contribution is 5.82. The van der Waals surface area contributed by atoms with Crippen LogP contribution in [0.25, 0.3) is 0 Å². The number of nitrogens with one attached hydrogen (secondary N) is 2. The average Bonchev–Trinajstić information content (AvgIpc) is 2.48.